The molecule has 1 aromatic rings. The molecule has 17 heavy (non-hydrogen) atoms. The third-order valence-corrected chi connectivity index (χ3v) is 2.47. The fourth-order valence-electron chi connectivity index (χ4n) is 1.59. The lowest BCUT2D eigenvalue weighted by Crippen LogP contribution is -2.30. The monoisotopic (exact) mass is 237 g/mol. The zero-order valence-corrected chi connectivity index (χ0v) is 10.5. The summed E-state index contributed by atoms with van der Waals surface area (Å²) >= 11 is 0. The summed E-state index contributed by atoms with van der Waals surface area (Å²) in [5.74, 6) is 0.518. The topological polar surface area (TPSA) is 47.6 Å². The van der Waals surface area contributed by atoms with Gasteiger partial charge in [0.05, 0.1) is 14.2 Å². The first-order chi connectivity index (χ1) is 8.21. The number of hydrogen-bond donors (Lipinski definition) is 1. The van der Waals surface area contributed by atoms with E-state index >= 15 is 0 Å². The largest absolute Gasteiger partial charge is 0.497 e. The van der Waals surface area contributed by atoms with Gasteiger partial charge >= 0.3 is 5.97 Å². The molecular weight excluding hydrogens is 218 g/mol. The van der Waals surface area contributed by atoms with Crippen molar-refractivity contribution in [3.63, 3.8) is 0 Å². The van der Waals surface area contributed by atoms with Gasteiger partial charge in [-0.1, -0.05) is 19.4 Å². The van der Waals surface area contributed by atoms with Crippen LogP contribution in [-0.4, -0.2) is 26.2 Å². The summed E-state index contributed by atoms with van der Waals surface area (Å²) in [6, 6.07) is 7.18. The molecule has 0 aromatic heterocycles. The van der Waals surface area contributed by atoms with Crippen molar-refractivity contribution in [3.05, 3.63) is 24.3 Å². The molecule has 0 saturated carbocycles. The molecule has 0 amide bonds. The smallest absolute Gasteiger partial charge is 0.328 e. The molecule has 0 heterocycles. The summed E-state index contributed by atoms with van der Waals surface area (Å²) in [6.45, 7) is 2.03. The molecule has 0 spiro atoms. The van der Waals surface area contributed by atoms with Crippen LogP contribution in [-0.2, 0) is 9.53 Å². The molecule has 0 fully saturated rings. The van der Waals surface area contributed by atoms with Gasteiger partial charge in [-0.05, 0) is 18.6 Å². The minimum absolute atomic E-state index is 0.241. The van der Waals surface area contributed by atoms with Crippen LogP contribution in [0.15, 0.2) is 24.3 Å². The molecule has 0 aliphatic rings. The van der Waals surface area contributed by atoms with Crippen LogP contribution in [0, 0.1) is 0 Å². The predicted molar refractivity (Wildman–Crippen MR) is 67.3 cm³/mol. The molecule has 0 aliphatic heterocycles. The molecule has 4 nitrogen and oxygen atoms in total. The lowest BCUT2D eigenvalue weighted by Gasteiger charge is -2.17. The molecule has 1 rings (SSSR count). The van der Waals surface area contributed by atoms with Crippen LogP contribution in [0.4, 0.5) is 5.69 Å². The number of ether oxygens (including phenoxy) is 2. The van der Waals surface area contributed by atoms with Gasteiger partial charge in [0.25, 0.3) is 0 Å². The number of methoxy groups -OCH3 is 2. The highest BCUT2D eigenvalue weighted by molar-refractivity contribution is 5.79. The second-order valence-electron chi connectivity index (χ2n) is 3.74. The fourth-order valence-corrected chi connectivity index (χ4v) is 1.59. The first-order valence-electron chi connectivity index (χ1n) is 5.69. The number of hydrogen-bond acceptors (Lipinski definition) is 4. The van der Waals surface area contributed by atoms with Crippen molar-refractivity contribution in [1.82, 2.24) is 0 Å². The molecule has 1 N–H and O–H groups in total. The van der Waals surface area contributed by atoms with Crippen molar-refractivity contribution in [2.75, 3.05) is 19.5 Å². The minimum Gasteiger partial charge on any atom is -0.497 e. The van der Waals surface area contributed by atoms with Crippen LogP contribution in [0.1, 0.15) is 19.8 Å². The van der Waals surface area contributed by atoms with Gasteiger partial charge in [0, 0.05) is 11.8 Å². The van der Waals surface area contributed by atoms with Gasteiger partial charge in [-0.25, -0.2) is 4.79 Å². The van der Waals surface area contributed by atoms with Crippen molar-refractivity contribution in [2.45, 2.75) is 25.8 Å². The van der Waals surface area contributed by atoms with Crippen LogP contribution >= 0.6 is 0 Å². The number of carbonyl (C=O) groups is 1. The van der Waals surface area contributed by atoms with E-state index in [1.807, 2.05) is 31.2 Å². The standard InChI is InChI=1S/C13H19NO3/c1-4-6-12(13(15)17-3)14-10-7-5-8-11(9-10)16-2/h5,7-9,12,14H,4,6H2,1-3H3. The Morgan fingerprint density at radius 1 is 1.41 bits per heavy atom. The summed E-state index contributed by atoms with van der Waals surface area (Å²) in [5, 5.41) is 3.15. The number of rotatable bonds is 6. The van der Waals surface area contributed by atoms with E-state index in [-0.39, 0.29) is 12.0 Å². The number of carbonyl (C=O) groups excluding carboxylic acids is 1. The highest BCUT2D eigenvalue weighted by Gasteiger charge is 2.17. The molecule has 0 aliphatic carbocycles. The highest BCUT2D eigenvalue weighted by atomic mass is 16.5. The number of nitrogens with one attached hydrogen (secondary N) is 1. The van der Waals surface area contributed by atoms with Crippen LogP contribution in [0.3, 0.4) is 0 Å². The van der Waals surface area contributed by atoms with Crippen LogP contribution < -0.4 is 10.1 Å². The van der Waals surface area contributed by atoms with Crippen molar-refractivity contribution in [2.24, 2.45) is 0 Å². The van der Waals surface area contributed by atoms with Gasteiger partial charge < -0.3 is 14.8 Å². The first kappa shape index (κ1) is 13.4. The number of anilines is 1. The zero-order chi connectivity index (χ0) is 12.7. The molecular formula is C13H19NO3. The molecule has 1 atom stereocenters. The summed E-state index contributed by atoms with van der Waals surface area (Å²) < 4.78 is 9.89. The van der Waals surface area contributed by atoms with Crippen LogP contribution in [0.2, 0.25) is 0 Å². The van der Waals surface area contributed by atoms with Crippen LogP contribution in [0.25, 0.3) is 0 Å². The first-order valence-corrected chi connectivity index (χ1v) is 5.69. The molecule has 0 bridgehead atoms. The van der Waals surface area contributed by atoms with E-state index in [4.69, 9.17) is 9.47 Å². The van der Waals surface area contributed by atoms with Gasteiger partial charge in [-0.2, -0.15) is 0 Å². The second-order valence-corrected chi connectivity index (χ2v) is 3.74. The highest BCUT2D eigenvalue weighted by Crippen LogP contribution is 2.18. The van der Waals surface area contributed by atoms with E-state index in [1.165, 1.54) is 7.11 Å². The Bertz CT molecular complexity index is 365. The third kappa shape index (κ3) is 3.98. The van der Waals surface area contributed by atoms with Gasteiger partial charge in [0.2, 0.25) is 0 Å². The van der Waals surface area contributed by atoms with E-state index in [0.29, 0.717) is 0 Å². The van der Waals surface area contributed by atoms with Crippen molar-refractivity contribution < 1.29 is 14.3 Å². The SMILES string of the molecule is CCCC(Nc1cccc(OC)c1)C(=O)OC. The Hall–Kier alpha value is -1.71. The zero-order valence-electron chi connectivity index (χ0n) is 10.5. The quantitative estimate of drug-likeness (QED) is 0.772. The Morgan fingerprint density at radius 3 is 2.76 bits per heavy atom. The van der Waals surface area contributed by atoms with E-state index in [0.717, 1.165) is 24.3 Å². The molecule has 1 aromatic carbocycles. The maximum atomic E-state index is 11.5. The van der Waals surface area contributed by atoms with E-state index in [1.54, 1.807) is 7.11 Å². The van der Waals surface area contributed by atoms with Gasteiger partial charge in [-0.15, -0.1) is 0 Å². The third-order valence-electron chi connectivity index (χ3n) is 2.47. The summed E-state index contributed by atoms with van der Waals surface area (Å²) in [6.07, 6.45) is 1.65. The van der Waals surface area contributed by atoms with E-state index < -0.39 is 0 Å². The molecule has 1 unspecified atom stereocenters. The Kier molecular flexibility index (Phi) is 5.33. The number of benzene rings is 1. The summed E-state index contributed by atoms with van der Waals surface area (Å²) in [4.78, 5) is 11.5. The van der Waals surface area contributed by atoms with Crippen molar-refractivity contribution in [1.29, 1.82) is 0 Å². The lowest BCUT2D eigenvalue weighted by atomic mass is 10.1. The van der Waals surface area contributed by atoms with Gasteiger partial charge in [0.1, 0.15) is 11.8 Å². The predicted octanol–water partition coefficient (Wildman–Crippen LogP) is 2.45. The normalized spacial score (nSPS) is 11.7. The fraction of sp³-hybridized carbons (Fsp3) is 0.462. The second kappa shape index (κ2) is 6.78. The maximum Gasteiger partial charge on any atom is 0.328 e. The van der Waals surface area contributed by atoms with Gasteiger partial charge in [-0.3, -0.25) is 0 Å². The van der Waals surface area contributed by atoms with Crippen LogP contribution in [0.5, 0.6) is 5.75 Å². The Labute approximate surface area is 102 Å². The average Bonchev–Trinajstić information content (AvgIpc) is 2.37. The Balaban J connectivity index is 2.74. The Morgan fingerprint density at radius 2 is 2.18 bits per heavy atom. The van der Waals surface area contributed by atoms with Crippen molar-refractivity contribution in [3.8, 4) is 5.75 Å². The summed E-state index contributed by atoms with van der Waals surface area (Å²) in [7, 11) is 3.02. The average molecular weight is 237 g/mol. The van der Waals surface area contributed by atoms with E-state index in [2.05, 4.69) is 5.32 Å². The maximum absolute atomic E-state index is 11.5. The molecule has 0 saturated heterocycles. The number of esters is 1. The van der Waals surface area contributed by atoms with E-state index in [9.17, 15) is 4.79 Å². The molecule has 0 radical (unpaired) electrons. The lowest BCUT2D eigenvalue weighted by molar-refractivity contribution is -0.141. The molecule has 94 valence electrons. The minimum atomic E-state index is -0.308. The summed E-state index contributed by atoms with van der Waals surface area (Å²) in [5.41, 5.74) is 0.855. The van der Waals surface area contributed by atoms with Crippen molar-refractivity contribution >= 4 is 11.7 Å². The van der Waals surface area contributed by atoms with Gasteiger partial charge in [0.15, 0.2) is 0 Å². The molecule has 4 heteroatoms.